The first-order valence-electron chi connectivity index (χ1n) is 10.6. The molecule has 0 aromatic carbocycles. The predicted molar refractivity (Wildman–Crippen MR) is 118 cm³/mol. The van der Waals surface area contributed by atoms with Crippen LogP contribution < -0.4 is 33.2 Å². The molecule has 13 heteroatoms. The maximum Gasteiger partial charge on any atom is 0.326 e. The number of carboxylic acids is 1. The van der Waals surface area contributed by atoms with Gasteiger partial charge in [-0.1, -0.05) is 27.7 Å². The summed E-state index contributed by atoms with van der Waals surface area (Å²) in [5.41, 5.74) is 16.0. The van der Waals surface area contributed by atoms with E-state index in [1.54, 1.807) is 13.8 Å². The van der Waals surface area contributed by atoms with Gasteiger partial charge in [-0.15, -0.1) is 0 Å². The van der Waals surface area contributed by atoms with Crippen LogP contribution in [0.1, 0.15) is 53.4 Å². The van der Waals surface area contributed by atoms with Gasteiger partial charge < -0.3 is 38.3 Å². The highest BCUT2D eigenvalue weighted by Crippen LogP contribution is 2.08. The molecule has 188 valence electrons. The summed E-state index contributed by atoms with van der Waals surface area (Å²) in [6.07, 6.45) is -0.614. The van der Waals surface area contributed by atoms with Crippen molar-refractivity contribution in [1.82, 2.24) is 16.0 Å². The molecule has 0 aliphatic rings. The van der Waals surface area contributed by atoms with Gasteiger partial charge in [0.15, 0.2) is 0 Å². The summed E-state index contributed by atoms with van der Waals surface area (Å²) in [5.74, 6) is -5.71. The van der Waals surface area contributed by atoms with Crippen molar-refractivity contribution >= 4 is 35.5 Å². The number of carboxylic acid groups (broad SMARTS) is 1. The van der Waals surface area contributed by atoms with Crippen LogP contribution in [-0.2, 0) is 28.8 Å². The lowest BCUT2D eigenvalue weighted by molar-refractivity contribution is -0.144. The SMILES string of the molecule is CC(C)CC(N)C(=O)NC(CCC(N)=O)C(=O)NC(C(=O)NC(CC(N)=O)C(=O)O)C(C)C. The normalized spacial score (nSPS) is 14.6. The molecule has 0 radical (unpaired) electrons. The fourth-order valence-corrected chi connectivity index (χ4v) is 2.90. The van der Waals surface area contributed by atoms with E-state index in [0.29, 0.717) is 6.42 Å². The summed E-state index contributed by atoms with van der Waals surface area (Å²) in [4.78, 5) is 71.4. The molecule has 13 nitrogen and oxygen atoms in total. The Morgan fingerprint density at radius 2 is 1.33 bits per heavy atom. The molecule has 0 aliphatic carbocycles. The molecule has 4 atom stereocenters. The Kier molecular flexibility index (Phi) is 12.7. The maximum absolute atomic E-state index is 12.9. The molecule has 0 rings (SSSR count). The fraction of sp³-hybridized carbons (Fsp3) is 0.700. The predicted octanol–water partition coefficient (Wildman–Crippen LogP) is -2.30. The Morgan fingerprint density at radius 3 is 1.76 bits per heavy atom. The number of rotatable bonds is 15. The summed E-state index contributed by atoms with van der Waals surface area (Å²) >= 11 is 0. The number of nitrogens with one attached hydrogen (secondary N) is 3. The van der Waals surface area contributed by atoms with Crippen LogP contribution in [0.25, 0.3) is 0 Å². The molecule has 33 heavy (non-hydrogen) atoms. The number of carbonyl (C=O) groups is 6. The largest absolute Gasteiger partial charge is 0.480 e. The van der Waals surface area contributed by atoms with Crippen LogP contribution in [-0.4, -0.2) is 64.8 Å². The molecule has 0 fully saturated rings. The van der Waals surface area contributed by atoms with Crippen LogP contribution in [0.3, 0.4) is 0 Å². The van der Waals surface area contributed by atoms with E-state index in [1.165, 1.54) is 0 Å². The van der Waals surface area contributed by atoms with Gasteiger partial charge in [0.05, 0.1) is 12.5 Å². The highest BCUT2D eigenvalue weighted by Gasteiger charge is 2.32. The second kappa shape index (κ2) is 14.0. The molecular weight excluding hydrogens is 436 g/mol. The van der Waals surface area contributed by atoms with Gasteiger partial charge in [0.1, 0.15) is 18.1 Å². The standard InChI is InChI=1S/C20H36N6O7/c1-9(2)7-11(21)17(29)24-12(5-6-14(22)27)18(30)26-16(10(3)4)19(31)25-13(20(32)33)8-15(23)28/h9-13,16H,5-8,21H2,1-4H3,(H2,22,27)(H2,23,28)(H,24,29)(H,25,31)(H,26,30)(H,32,33). The van der Waals surface area contributed by atoms with Crippen molar-refractivity contribution in [3.8, 4) is 0 Å². The number of primary amides is 2. The Hall–Kier alpha value is -3.22. The summed E-state index contributed by atoms with van der Waals surface area (Å²) in [6.45, 7) is 6.95. The highest BCUT2D eigenvalue weighted by atomic mass is 16.4. The molecule has 5 amide bonds. The van der Waals surface area contributed by atoms with Gasteiger partial charge in [-0.2, -0.15) is 0 Å². The first kappa shape index (κ1) is 29.8. The molecule has 0 spiro atoms. The summed E-state index contributed by atoms with van der Waals surface area (Å²) in [6, 6.07) is -4.88. The molecule has 0 aromatic rings. The monoisotopic (exact) mass is 472 g/mol. The van der Waals surface area contributed by atoms with Gasteiger partial charge in [-0.05, 0) is 24.7 Å². The average molecular weight is 473 g/mol. The molecule has 10 N–H and O–H groups in total. The average Bonchev–Trinajstić information content (AvgIpc) is 2.66. The van der Waals surface area contributed by atoms with Crippen molar-refractivity contribution in [3.05, 3.63) is 0 Å². The van der Waals surface area contributed by atoms with Gasteiger partial charge in [0, 0.05) is 6.42 Å². The third kappa shape index (κ3) is 11.8. The van der Waals surface area contributed by atoms with Gasteiger partial charge >= 0.3 is 5.97 Å². The molecule has 4 unspecified atom stereocenters. The lowest BCUT2D eigenvalue weighted by Crippen LogP contribution is -2.58. The maximum atomic E-state index is 12.9. The van der Waals surface area contributed by atoms with Crippen molar-refractivity contribution < 1.29 is 33.9 Å². The van der Waals surface area contributed by atoms with Crippen molar-refractivity contribution in [1.29, 1.82) is 0 Å². The fourth-order valence-electron chi connectivity index (χ4n) is 2.90. The highest BCUT2D eigenvalue weighted by molar-refractivity contribution is 5.95. The minimum atomic E-state index is -1.58. The molecule has 0 saturated carbocycles. The first-order chi connectivity index (χ1) is 15.1. The zero-order valence-corrected chi connectivity index (χ0v) is 19.4. The summed E-state index contributed by atoms with van der Waals surface area (Å²) < 4.78 is 0. The van der Waals surface area contributed by atoms with Crippen molar-refractivity contribution in [2.45, 2.75) is 77.5 Å². The summed E-state index contributed by atoms with van der Waals surface area (Å²) in [7, 11) is 0. The molecule has 0 saturated heterocycles. The number of nitrogens with two attached hydrogens (primary N) is 3. The van der Waals surface area contributed by atoms with E-state index < -0.39 is 72.0 Å². The molecule has 0 aromatic heterocycles. The Labute approximate surface area is 192 Å². The van der Waals surface area contributed by atoms with Crippen molar-refractivity contribution in [3.63, 3.8) is 0 Å². The van der Waals surface area contributed by atoms with Gasteiger partial charge in [0.2, 0.25) is 29.5 Å². The van der Waals surface area contributed by atoms with E-state index in [-0.39, 0.29) is 18.8 Å². The van der Waals surface area contributed by atoms with E-state index in [4.69, 9.17) is 17.2 Å². The second-order valence-corrected chi connectivity index (χ2v) is 8.60. The summed E-state index contributed by atoms with van der Waals surface area (Å²) in [5, 5.41) is 16.3. The first-order valence-corrected chi connectivity index (χ1v) is 10.6. The molecular formula is C20H36N6O7. The van der Waals surface area contributed by atoms with Crippen molar-refractivity contribution in [2.75, 3.05) is 0 Å². The molecule has 0 heterocycles. The Morgan fingerprint density at radius 1 is 0.788 bits per heavy atom. The number of hydrogen-bond acceptors (Lipinski definition) is 7. The lowest BCUT2D eigenvalue weighted by Gasteiger charge is -2.27. The molecule has 0 aliphatic heterocycles. The zero-order chi connectivity index (χ0) is 25.9. The topological polar surface area (TPSA) is 237 Å². The minimum Gasteiger partial charge on any atom is -0.480 e. The van der Waals surface area contributed by atoms with E-state index in [2.05, 4.69) is 16.0 Å². The lowest BCUT2D eigenvalue weighted by atomic mass is 10.0. The van der Waals surface area contributed by atoms with Crippen LogP contribution in [0.15, 0.2) is 0 Å². The Bertz CT molecular complexity index is 740. The third-order valence-electron chi connectivity index (χ3n) is 4.64. The minimum absolute atomic E-state index is 0.125. The number of carbonyl (C=O) groups excluding carboxylic acids is 5. The van der Waals surface area contributed by atoms with Crippen LogP contribution in [0.2, 0.25) is 0 Å². The van der Waals surface area contributed by atoms with E-state index in [9.17, 15) is 33.9 Å². The smallest absolute Gasteiger partial charge is 0.326 e. The van der Waals surface area contributed by atoms with Crippen LogP contribution >= 0.6 is 0 Å². The van der Waals surface area contributed by atoms with E-state index >= 15 is 0 Å². The third-order valence-corrected chi connectivity index (χ3v) is 4.64. The number of hydrogen-bond donors (Lipinski definition) is 7. The van der Waals surface area contributed by atoms with E-state index in [0.717, 1.165) is 0 Å². The quantitative estimate of drug-likeness (QED) is 0.136. The van der Waals surface area contributed by atoms with Gasteiger partial charge in [-0.3, -0.25) is 24.0 Å². The number of aliphatic carboxylic acids is 1. The van der Waals surface area contributed by atoms with Gasteiger partial charge in [-0.25, -0.2) is 4.79 Å². The van der Waals surface area contributed by atoms with Crippen LogP contribution in [0, 0.1) is 11.8 Å². The van der Waals surface area contributed by atoms with Crippen LogP contribution in [0.5, 0.6) is 0 Å². The molecule has 0 bridgehead atoms. The Balaban J connectivity index is 5.50. The van der Waals surface area contributed by atoms with E-state index in [1.807, 2.05) is 13.8 Å². The number of amides is 5. The zero-order valence-electron chi connectivity index (χ0n) is 19.4. The van der Waals surface area contributed by atoms with Crippen molar-refractivity contribution in [2.24, 2.45) is 29.0 Å². The second-order valence-electron chi connectivity index (χ2n) is 8.60. The van der Waals surface area contributed by atoms with Gasteiger partial charge in [0.25, 0.3) is 0 Å². The van der Waals surface area contributed by atoms with Crippen LogP contribution in [0.4, 0.5) is 0 Å².